The van der Waals surface area contributed by atoms with Crippen LogP contribution in [0.5, 0.6) is 0 Å². The van der Waals surface area contributed by atoms with E-state index in [0.717, 1.165) is 6.92 Å². The fraction of sp³-hybridized carbons (Fsp3) is 0.857. The van der Waals surface area contributed by atoms with E-state index in [4.69, 9.17) is 5.11 Å². The molecule has 0 heterocycles. The van der Waals surface area contributed by atoms with Crippen molar-refractivity contribution >= 4 is 5.97 Å². The van der Waals surface area contributed by atoms with Crippen molar-refractivity contribution in [1.82, 2.24) is 0 Å². The monoisotopic (exact) mass is 186 g/mol. The van der Waals surface area contributed by atoms with E-state index in [1.807, 2.05) is 13.8 Å². The summed E-state index contributed by atoms with van der Waals surface area (Å²) in [6, 6.07) is 0. The van der Waals surface area contributed by atoms with Crippen LogP contribution in [0.1, 0.15) is 27.2 Å². The predicted molar refractivity (Wildman–Crippen MR) is 38.8 cm³/mol. The molecular formula is C7H13F3O2. The Morgan fingerprint density at radius 1 is 1.42 bits per heavy atom. The van der Waals surface area contributed by atoms with Gasteiger partial charge in [-0.3, -0.25) is 4.79 Å². The average Bonchev–Trinajstić information content (AvgIpc) is 1.88. The van der Waals surface area contributed by atoms with Gasteiger partial charge in [0.15, 0.2) is 0 Å². The van der Waals surface area contributed by atoms with Gasteiger partial charge in [0, 0.05) is 0 Å². The van der Waals surface area contributed by atoms with Crippen molar-refractivity contribution in [3.05, 3.63) is 0 Å². The summed E-state index contributed by atoms with van der Waals surface area (Å²) < 4.78 is 34.2. The number of rotatable bonds is 2. The largest absolute Gasteiger partial charge is 0.481 e. The molecule has 0 spiro atoms. The first-order chi connectivity index (χ1) is 5.33. The van der Waals surface area contributed by atoms with Gasteiger partial charge in [-0.2, -0.15) is 13.2 Å². The first-order valence-corrected chi connectivity index (χ1v) is 3.62. The molecule has 0 aromatic heterocycles. The maximum absolute atomic E-state index is 11.4. The van der Waals surface area contributed by atoms with E-state index in [1.54, 1.807) is 0 Å². The van der Waals surface area contributed by atoms with Gasteiger partial charge in [0.2, 0.25) is 0 Å². The first-order valence-electron chi connectivity index (χ1n) is 3.62. The van der Waals surface area contributed by atoms with E-state index in [9.17, 15) is 18.0 Å². The van der Waals surface area contributed by atoms with Gasteiger partial charge >= 0.3 is 12.1 Å². The number of aliphatic carboxylic acids is 1. The Bertz CT molecular complexity index is 131. The van der Waals surface area contributed by atoms with E-state index in [0.29, 0.717) is 0 Å². The summed E-state index contributed by atoms with van der Waals surface area (Å²) >= 11 is 0. The van der Waals surface area contributed by atoms with Crippen molar-refractivity contribution in [2.24, 2.45) is 5.92 Å². The van der Waals surface area contributed by atoms with E-state index < -0.39 is 24.5 Å². The molecule has 74 valence electrons. The zero-order chi connectivity index (χ0) is 10.4. The number of halogens is 3. The highest BCUT2D eigenvalue weighted by molar-refractivity contribution is 5.69. The molecule has 0 aromatic carbocycles. The summed E-state index contributed by atoms with van der Waals surface area (Å²) in [4.78, 5) is 9.88. The lowest BCUT2D eigenvalue weighted by Crippen LogP contribution is -2.19. The second kappa shape index (κ2) is 5.85. The number of alkyl halides is 3. The second-order valence-corrected chi connectivity index (χ2v) is 2.06. The molecule has 12 heavy (non-hydrogen) atoms. The number of carbonyl (C=O) groups is 1. The molecule has 0 radical (unpaired) electrons. The van der Waals surface area contributed by atoms with Crippen LogP contribution in [-0.2, 0) is 4.79 Å². The molecule has 0 aliphatic rings. The van der Waals surface area contributed by atoms with Crippen molar-refractivity contribution < 1.29 is 23.1 Å². The van der Waals surface area contributed by atoms with Crippen molar-refractivity contribution in [3.8, 4) is 0 Å². The molecule has 2 nitrogen and oxygen atoms in total. The lowest BCUT2D eigenvalue weighted by molar-refractivity contribution is -0.162. The first kappa shape index (κ1) is 13.8. The molecule has 1 N–H and O–H groups in total. The van der Waals surface area contributed by atoms with Crippen LogP contribution >= 0.6 is 0 Å². The summed E-state index contributed by atoms with van der Waals surface area (Å²) in [6.45, 7) is 5.02. The average molecular weight is 186 g/mol. The van der Waals surface area contributed by atoms with Crippen LogP contribution < -0.4 is 0 Å². The molecule has 0 rings (SSSR count). The number of carboxylic acid groups (broad SMARTS) is 1. The van der Waals surface area contributed by atoms with Gasteiger partial charge < -0.3 is 5.11 Å². The summed E-state index contributed by atoms with van der Waals surface area (Å²) in [5.74, 6) is -2.77. The SMILES string of the molecule is CC.C[C@H](CC(F)(F)F)C(=O)O. The third-order valence-corrected chi connectivity index (χ3v) is 0.959. The van der Waals surface area contributed by atoms with Crippen LogP contribution in [0.2, 0.25) is 0 Å². The third kappa shape index (κ3) is 9.26. The molecule has 0 unspecified atom stereocenters. The van der Waals surface area contributed by atoms with E-state index >= 15 is 0 Å². The van der Waals surface area contributed by atoms with Gasteiger partial charge in [0.1, 0.15) is 0 Å². The van der Waals surface area contributed by atoms with Crippen LogP contribution in [0.15, 0.2) is 0 Å². The number of hydrogen-bond donors (Lipinski definition) is 1. The molecule has 0 amide bonds. The lowest BCUT2D eigenvalue weighted by atomic mass is 10.1. The standard InChI is InChI=1S/C5H7F3O2.C2H6/c1-3(4(9)10)2-5(6,7)8;1-2/h3H,2H2,1H3,(H,9,10);1-2H3/t3-;/m1./s1. The van der Waals surface area contributed by atoms with E-state index in [2.05, 4.69) is 0 Å². The zero-order valence-electron chi connectivity index (χ0n) is 7.27. The number of hydrogen-bond acceptors (Lipinski definition) is 1. The van der Waals surface area contributed by atoms with E-state index in [1.165, 1.54) is 0 Å². The molecule has 0 saturated heterocycles. The minimum Gasteiger partial charge on any atom is -0.481 e. The Kier molecular flexibility index (Phi) is 6.74. The summed E-state index contributed by atoms with van der Waals surface area (Å²) in [7, 11) is 0. The Labute approximate surface area is 69.4 Å². The zero-order valence-corrected chi connectivity index (χ0v) is 7.27. The highest BCUT2D eigenvalue weighted by Gasteiger charge is 2.32. The van der Waals surface area contributed by atoms with Crippen LogP contribution in [-0.4, -0.2) is 17.3 Å². The summed E-state index contributed by atoms with van der Waals surface area (Å²) in [6.07, 6.45) is -5.64. The quantitative estimate of drug-likeness (QED) is 0.719. The molecule has 0 fully saturated rings. The molecule has 0 aliphatic carbocycles. The summed E-state index contributed by atoms with van der Waals surface area (Å²) in [5, 5.41) is 8.05. The van der Waals surface area contributed by atoms with Gasteiger partial charge in [0.25, 0.3) is 0 Å². The summed E-state index contributed by atoms with van der Waals surface area (Å²) in [5.41, 5.74) is 0. The fourth-order valence-electron chi connectivity index (χ4n) is 0.434. The molecule has 5 heteroatoms. The Morgan fingerprint density at radius 3 is 1.83 bits per heavy atom. The minimum absolute atomic E-state index is 1.02. The topological polar surface area (TPSA) is 37.3 Å². The van der Waals surface area contributed by atoms with Crippen LogP contribution in [0, 0.1) is 5.92 Å². The second-order valence-electron chi connectivity index (χ2n) is 2.06. The molecular weight excluding hydrogens is 173 g/mol. The minimum atomic E-state index is -4.38. The third-order valence-electron chi connectivity index (χ3n) is 0.959. The highest BCUT2D eigenvalue weighted by atomic mass is 19.4. The van der Waals surface area contributed by atoms with Gasteiger partial charge in [-0.15, -0.1) is 0 Å². The molecule has 1 atom stereocenters. The maximum Gasteiger partial charge on any atom is 0.389 e. The fourth-order valence-corrected chi connectivity index (χ4v) is 0.434. The van der Waals surface area contributed by atoms with Gasteiger partial charge in [-0.05, 0) is 0 Å². The maximum atomic E-state index is 11.4. The van der Waals surface area contributed by atoms with Crippen molar-refractivity contribution in [1.29, 1.82) is 0 Å². The molecule has 0 aromatic rings. The van der Waals surface area contributed by atoms with Gasteiger partial charge in [0.05, 0.1) is 12.3 Å². The molecule has 0 saturated carbocycles. The molecule has 0 aliphatic heterocycles. The van der Waals surface area contributed by atoms with Crippen LogP contribution in [0.25, 0.3) is 0 Å². The lowest BCUT2D eigenvalue weighted by Gasteiger charge is -2.08. The highest BCUT2D eigenvalue weighted by Crippen LogP contribution is 2.24. The van der Waals surface area contributed by atoms with Gasteiger partial charge in [-0.1, -0.05) is 20.8 Å². The van der Waals surface area contributed by atoms with E-state index in [-0.39, 0.29) is 0 Å². The number of carboxylic acids is 1. The predicted octanol–water partition coefficient (Wildman–Crippen LogP) is 2.69. The smallest absolute Gasteiger partial charge is 0.389 e. The normalized spacial score (nSPS) is 12.8. The molecule has 0 bridgehead atoms. The Hall–Kier alpha value is -0.740. The van der Waals surface area contributed by atoms with Crippen molar-refractivity contribution in [3.63, 3.8) is 0 Å². The van der Waals surface area contributed by atoms with Crippen LogP contribution in [0.4, 0.5) is 13.2 Å². The van der Waals surface area contributed by atoms with Gasteiger partial charge in [-0.25, -0.2) is 0 Å². The Morgan fingerprint density at radius 2 is 1.75 bits per heavy atom. The Balaban J connectivity index is 0. The van der Waals surface area contributed by atoms with Crippen molar-refractivity contribution in [2.45, 2.75) is 33.4 Å². The van der Waals surface area contributed by atoms with Crippen LogP contribution in [0.3, 0.4) is 0 Å². The van der Waals surface area contributed by atoms with Crippen molar-refractivity contribution in [2.75, 3.05) is 0 Å².